The molecule has 0 radical (unpaired) electrons. The zero-order chi connectivity index (χ0) is 25.5. The van der Waals surface area contributed by atoms with Crippen LogP contribution < -0.4 is 16.1 Å². The van der Waals surface area contributed by atoms with Gasteiger partial charge in [0.2, 0.25) is 11.3 Å². The van der Waals surface area contributed by atoms with Crippen LogP contribution in [0.15, 0.2) is 53.7 Å². The molecule has 0 spiro atoms. The van der Waals surface area contributed by atoms with Gasteiger partial charge in [-0.15, -0.1) is 0 Å². The predicted octanol–water partition coefficient (Wildman–Crippen LogP) is 2.13. The second kappa shape index (κ2) is 11.6. The molecule has 1 saturated heterocycles. The van der Waals surface area contributed by atoms with Crippen LogP contribution in [0, 0.1) is 5.92 Å². The van der Waals surface area contributed by atoms with Crippen LogP contribution in [0.1, 0.15) is 31.5 Å². The minimum Gasteiger partial charge on any atom is -0.449 e. The highest BCUT2D eigenvalue weighted by molar-refractivity contribution is 5.84. The lowest BCUT2D eigenvalue weighted by Crippen LogP contribution is -2.48. The lowest BCUT2D eigenvalue weighted by atomic mass is 10.1. The molecule has 2 N–H and O–H groups in total. The Morgan fingerprint density at radius 3 is 2.83 bits per heavy atom. The van der Waals surface area contributed by atoms with Crippen LogP contribution in [-0.4, -0.2) is 57.4 Å². The molecular formula is C25H30N6O5. The monoisotopic (exact) mass is 494 g/mol. The highest BCUT2D eigenvalue weighted by Crippen LogP contribution is 2.14. The van der Waals surface area contributed by atoms with Crippen molar-refractivity contribution >= 4 is 17.7 Å². The number of hydrogen-bond donors (Lipinski definition) is 2. The van der Waals surface area contributed by atoms with Crippen LogP contribution in [0.5, 0.6) is 0 Å². The van der Waals surface area contributed by atoms with Gasteiger partial charge in [-0.3, -0.25) is 19.6 Å². The summed E-state index contributed by atoms with van der Waals surface area (Å²) < 4.78 is 13.5. The minimum absolute atomic E-state index is 0.0472. The number of carbonyl (C=O) groups is 2. The Labute approximate surface area is 208 Å². The highest BCUT2D eigenvalue weighted by Gasteiger charge is 2.20. The van der Waals surface area contributed by atoms with Crippen molar-refractivity contribution in [2.24, 2.45) is 5.92 Å². The fourth-order valence-corrected chi connectivity index (χ4v) is 3.49. The van der Waals surface area contributed by atoms with Crippen molar-refractivity contribution in [1.29, 1.82) is 0 Å². The van der Waals surface area contributed by atoms with E-state index >= 15 is 0 Å². The maximum Gasteiger partial charge on any atom is 0.411 e. The summed E-state index contributed by atoms with van der Waals surface area (Å²) in [6.07, 6.45) is 5.05. The van der Waals surface area contributed by atoms with Crippen molar-refractivity contribution in [3.05, 3.63) is 70.4 Å². The Bertz CT molecular complexity index is 1260. The van der Waals surface area contributed by atoms with Crippen LogP contribution in [-0.2, 0) is 27.2 Å². The van der Waals surface area contributed by atoms with Crippen LogP contribution in [0.25, 0.3) is 5.69 Å². The molecule has 0 saturated carbocycles. The molecule has 2 amide bonds. The third-order valence-corrected chi connectivity index (χ3v) is 5.43. The number of anilines is 1. The summed E-state index contributed by atoms with van der Waals surface area (Å²) in [5.41, 5.74) is 2.23. The molecule has 3 heterocycles. The number of nitrogens with one attached hydrogen (secondary N) is 2. The van der Waals surface area contributed by atoms with Crippen molar-refractivity contribution in [2.45, 2.75) is 39.3 Å². The average Bonchev–Trinajstić information content (AvgIpc) is 3.29. The minimum atomic E-state index is -0.521. The van der Waals surface area contributed by atoms with Crippen LogP contribution in [0.2, 0.25) is 0 Å². The van der Waals surface area contributed by atoms with Crippen molar-refractivity contribution in [2.75, 3.05) is 25.1 Å². The molecule has 0 atom stereocenters. The van der Waals surface area contributed by atoms with E-state index in [9.17, 15) is 14.4 Å². The fraction of sp³-hybridized carbons (Fsp3) is 0.400. The van der Waals surface area contributed by atoms with Crippen LogP contribution in [0.4, 0.5) is 10.5 Å². The van der Waals surface area contributed by atoms with Crippen molar-refractivity contribution in [1.82, 2.24) is 24.9 Å². The van der Waals surface area contributed by atoms with E-state index < -0.39 is 6.09 Å². The molecular weight excluding hydrogens is 464 g/mol. The first-order chi connectivity index (χ1) is 17.4. The van der Waals surface area contributed by atoms with E-state index in [0.29, 0.717) is 49.9 Å². The first-order valence-electron chi connectivity index (χ1n) is 11.9. The van der Waals surface area contributed by atoms with Gasteiger partial charge in [-0.05, 0) is 23.6 Å². The summed E-state index contributed by atoms with van der Waals surface area (Å²) >= 11 is 0. The van der Waals surface area contributed by atoms with Crippen molar-refractivity contribution in [3.8, 4) is 5.69 Å². The smallest absolute Gasteiger partial charge is 0.411 e. The summed E-state index contributed by atoms with van der Waals surface area (Å²) in [5, 5.41) is 14.4. The van der Waals surface area contributed by atoms with E-state index in [1.54, 1.807) is 46.2 Å². The molecule has 1 aromatic carbocycles. The zero-order valence-corrected chi connectivity index (χ0v) is 20.3. The Morgan fingerprint density at radius 1 is 1.25 bits per heavy atom. The normalized spacial score (nSPS) is 13.3. The molecule has 0 aliphatic carbocycles. The van der Waals surface area contributed by atoms with Gasteiger partial charge in [0.25, 0.3) is 0 Å². The van der Waals surface area contributed by atoms with Gasteiger partial charge in [0.05, 0.1) is 38.3 Å². The number of ether oxygens (including phenoxy) is 2. The molecule has 4 rings (SSSR count). The molecule has 11 heteroatoms. The summed E-state index contributed by atoms with van der Waals surface area (Å²) in [6, 6.07) is 8.76. The quantitative estimate of drug-likeness (QED) is 0.442. The lowest BCUT2D eigenvalue weighted by molar-refractivity contribution is -0.125. The second-order valence-electron chi connectivity index (χ2n) is 9.08. The molecule has 1 fully saturated rings. The maximum absolute atomic E-state index is 12.5. The van der Waals surface area contributed by atoms with Crippen molar-refractivity contribution < 1.29 is 19.1 Å². The van der Waals surface area contributed by atoms with E-state index in [-0.39, 0.29) is 29.7 Å². The molecule has 1 aliphatic heterocycles. The number of hydrogen-bond acceptors (Lipinski definition) is 7. The van der Waals surface area contributed by atoms with Gasteiger partial charge in [0.1, 0.15) is 11.4 Å². The Morgan fingerprint density at radius 2 is 2.08 bits per heavy atom. The van der Waals surface area contributed by atoms with E-state index in [1.165, 1.54) is 6.07 Å². The van der Waals surface area contributed by atoms with E-state index in [1.807, 2.05) is 19.9 Å². The number of benzene rings is 1. The molecule has 190 valence electrons. The van der Waals surface area contributed by atoms with Crippen LogP contribution in [0.3, 0.4) is 0 Å². The van der Waals surface area contributed by atoms with Gasteiger partial charge in [-0.25, -0.2) is 9.48 Å². The Kier molecular flexibility index (Phi) is 8.11. The van der Waals surface area contributed by atoms with Gasteiger partial charge < -0.3 is 14.8 Å². The highest BCUT2D eigenvalue weighted by atomic mass is 16.5. The van der Waals surface area contributed by atoms with Gasteiger partial charge >= 0.3 is 6.09 Å². The number of aromatic nitrogens is 4. The summed E-state index contributed by atoms with van der Waals surface area (Å²) in [4.78, 5) is 36.4. The largest absolute Gasteiger partial charge is 0.449 e. The van der Waals surface area contributed by atoms with Gasteiger partial charge in [-0.2, -0.15) is 10.2 Å². The number of carbonyl (C=O) groups excluding carboxylic acids is 2. The summed E-state index contributed by atoms with van der Waals surface area (Å²) in [5.74, 6) is 0.196. The van der Waals surface area contributed by atoms with Gasteiger partial charge in [0, 0.05) is 37.3 Å². The second-order valence-corrected chi connectivity index (χ2v) is 9.08. The third-order valence-electron chi connectivity index (χ3n) is 5.43. The first-order valence-corrected chi connectivity index (χ1v) is 11.9. The molecule has 11 nitrogen and oxygen atoms in total. The van der Waals surface area contributed by atoms with Crippen LogP contribution >= 0.6 is 0 Å². The molecule has 36 heavy (non-hydrogen) atoms. The average molecular weight is 495 g/mol. The lowest BCUT2D eigenvalue weighted by Gasteiger charge is -2.26. The first kappa shape index (κ1) is 25.1. The molecule has 1 aliphatic rings. The zero-order valence-electron chi connectivity index (χ0n) is 20.3. The Hall–Kier alpha value is -3.99. The number of nitrogens with zero attached hydrogens (tertiary/aromatic N) is 4. The van der Waals surface area contributed by atoms with E-state index in [0.717, 1.165) is 5.56 Å². The van der Waals surface area contributed by atoms with E-state index in [4.69, 9.17) is 9.47 Å². The topological polar surface area (TPSA) is 129 Å². The van der Waals surface area contributed by atoms with Gasteiger partial charge in [-0.1, -0.05) is 26.0 Å². The summed E-state index contributed by atoms with van der Waals surface area (Å²) in [6.45, 7) is 5.80. The fourth-order valence-electron chi connectivity index (χ4n) is 3.49. The van der Waals surface area contributed by atoms with E-state index in [2.05, 4.69) is 20.8 Å². The Balaban J connectivity index is 1.38. The molecule has 0 bridgehead atoms. The SMILES string of the molecule is CC(C)COC(=O)Nc1cccc(Cc2nn(-c3cnn(CCC(=O)NC4COC4)c3)ccc2=O)c1. The molecule has 3 aromatic rings. The number of amides is 2. The summed E-state index contributed by atoms with van der Waals surface area (Å²) in [7, 11) is 0. The predicted molar refractivity (Wildman–Crippen MR) is 132 cm³/mol. The number of rotatable bonds is 10. The van der Waals surface area contributed by atoms with Gasteiger partial charge in [0.15, 0.2) is 0 Å². The molecule has 2 aromatic heterocycles. The van der Waals surface area contributed by atoms with Crippen molar-refractivity contribution in [3.63, 3.8) is 0 Å². The maximum atomic E-state index is 12.5. The molecule has 0 unspecified atom stereocenters. The standard InChI is InChI=1S/C25H30N6O5/c1-17(2)14-36-25(34)28-19-5-3-4-18(10-19)11-22-23(32)6-9-31(29-22)21-12-26-30(13-21)8-7-24(33)27-20-15-35-16-20/h3-6,9-10,12-13,17,20H,7-8,11,14-16H2,1-2H3,(H,27,33)(H,28,34). The number of aryl methyl sites for hydroxylation is 1. The third kappa shape index (κ3) is 7.01.